The van der Waals surface area contributed by atoms with E-state index in [0.29, 0.717) is 48.4 Å². The first-order valence-electron chi connectivity index (χ1n) is 11.0. The Kier molecular flexibility index (Phi) is 6.29. The van der Waals surface area contributed by atoms with E-state index < -0.39 is 18.0 Å². The van der Waals surface area contributed by atoms with Crippen LogP contribution in [0.4, 0.5) is 5.69 Å². The van der Waals surface area contributed by atoms with Gasteiger partial charge in [-0.25, -0.2) is 0 Å². The van der Waals surface area contributed by atoms with Gasteiger partial charge in [-0.15, -0.1) is 0 Å². The lowest BCUT2D eigenvalue weighted by Gasteiger charge is -2.39. The zero-order chi connectivity index (χ0) is 23.7. The molecule has 8 nitrogen and oxygen atoms in total. The van der Waals surface area contributed by atoms with Crippen LogP contribution >= 0.6 is 0 Å². The number of hydrogen-bond acceptors (Lipinski definition) is 5. The lowest BCUT2D eigenvalue weighted by Crippen LogP contribution is -2.49. The van der Waals surface area contributed by atoms with Crippen LogP contribution in [0.3, 0.4) is 0 Å². The van der Waals surface area contributed by atoms with Gasteiger partial charge in [0, 0.05) is 54.5 Å². The zero-order valence-electron chi connectivity index (χ0n) is 19.1. The number of carbonyl (C=O) groups is 2. The minimum atomic E-state index is -0.983. The number of rotatable bonds is 7. The Labute approximate surface area is 192 Å². The molecular weight excluding hydrogens is 422 g/mol. The fourth-order valence-corrected chi connectivity index (χ4v) is 4.79. The topological polar surface area (TPSA) is 95.2 Å². The summed E-state index contributed by atoms with van der Waals surface area (Å²) in [5, 5.41) is 20.2. The number of aromatic nitrogens is 1. The molecule has 2 N–H and O–H groups in total. The first-order chi connectivity index (χ1) is 15.8. The molecule has 1 aliphatic heterocycles. The van der Waals surface area contributed by atoms with Crippen molar-refractivity contribution >= 4 is 28.5 Å². The molecule has 1 saturated heterocycles. The Balaban J connectivity index is 1.65. The third kappa shape index (κ3) is 4.52. The molecule has 1 aliphatic rings. The number of carboxylic acid groups (broad SMARTS) is 2. The van der Waals surface area contributed by atoms with Crippen LogP contribution in [0.15, 0.2) is 42.6 Å². The molecule has 0 saturated carbocycles. The molecular formula is C25H29N3O5. The molecule has 1 aromatic heterocycles. The second-order valence-corrected chi connectivity index (χ2v) is 8.54. The van der Waals surface area contributed by atoms with E-state index in [1.165, 1.54) is 16.8 Å². The van der Waals surface area contributed by atoms with E-state index in [4.69, 9.17) is 4.74 Å². The van der Waals surface area contributed by atoms with Gasteiger partial charge >= 0.3 is 11.9 Å². The van der Waals surface area contributed by atoms with Gasteiger partial charge in [-0.3, -0.25) is 14.5 Å². The summed E-state index contributed by atoms with van der Waals surface area (Å²) in [4.78, 5) is 28.1. The van der Waals surface area contributed by atoms with Gasteiger partial charge in [-0.2, -0.15) is 0 Å². The summed E-state index contributed by atoms with van der Waals surface area (Å²) in [6.07, 6.45) is 1.66. The van der Waals surface area contributed by atoms with Crippen molar-refractivity contribution in [2.75, 3.05) is 38.2 Å². The van der Waals surface area contributed by atoms with Crippen molar-refractivity contribution in [2.24, 2.45) is 0 Å². The van der Waals surface area contributed by atoms with Gasteiger partial charge in [0.2, 0.25) is 0 Å². The average molecular weight is 452 g/mol. The first kappa shape index (κ1) is 22.7. The summed E-state index contributed by atoms with van der Waals surface area (Å²) in [6.45, 7) is 6.52. The predicted octanol–water partition coefficient (Wildman–Crippen LogP) is 3.30. The number of aliphatic carboxylic acids is 2. The number of aryl methyl sites for hydroxylation is 2. The quantitative estimate of drug-likeness (QED) is 0.569. The lowest BCUT2D eigenvalue weighted by atomic mass is 10.0. The second-order valence-electron chi connectivity index (χ2n) is 8.54. The van der Waals surface area contributed by atoms with E-state index in [-0.39, 0.29) is 6.54 Å². The maximum Gasteiger partial charge on any atom is 0.325 e. The number of piperazine rings is 1. The number of anilines is 1. The molecule has 8 heteroatoms. The molecule has 3 aromatic rings. The van der Waals surface area contributed by atoms with Gasteiger partial charge in [0.05, 0.1) is 7.11 Å². The average Bonchev–Trinajstić information content (AvgIpc) is 3.11. The molecule has 174 valence electrons. The summed E-state index contributed by atoms with van der Waals surface area (Å²) in [5.74, 6) is -1.34. The monoisotopic (exact) mass is 451 g/mol. The predicted molar refractivity (Wildman–Crippen MR) is 126 cm³/mol. The van der Waals surface area contributed by atoms with Crippen LogP contribution in [0.25, 0.3) is 10.9 Å². The minimum Gasteiger partial charge on any atom is -0.497 e. The molecule has 0 radical (unpaired) electrons. The SMILES string of the molecule is COc1ccc2c(c1)c([C@@H](C(=O)O)N1CCN(c3ccc(C)cc3C)CC1)cn2CC(=O)O. The van der Waals surface area contributed by atoms with E-state index in [2.05, 4.69) is 36.9 Å². The number of fused-ring (bicyclic) bond motifs is 1. The minimum absolute atomic E-state index is 0.240. The molecule has 1 fully saturated rings. The van der Waals surface area contributed by atoms with E-state index >= 15 is 0 Å². The third-order valence-electron chi connectivity index (χ3n) is 6.33. The van der Waals surface area contributed by atoms with Crippen LogP contribution < -0.4 is 9.64 Å². The summed E-state index contributed by atoms with van der Waals surface area (Å²) in [6, 6.07) is 10.8. The molecule has 2 heterocycles. The van der Waals surface area contributed by atoms with Crippen molar-refractivity contribution in [3.05, 3.63) is 59.3 Å². The van der Waals surface area contributed by atoms with E-state index in [0.717, 1.165) is 0 Å². The number of nitrogens with zero attached hydrogens (tertiary/aromatic N) is 3. The van der Waals surface area contributed by atoms with Crippen molar-refractivity contribution in [3.8, 4) is 5.75 Å². The molecule has 0 amide bonds. The van der Waals surface area contributed by atoms with Crippen LogP contribution in [0.2, 0.25) is 0 Å². The summed E-state index contributed by atoms with van der Waals surface area (Å²) in [5.41, 5.74) is 4.86. The van der Waals surface area contributed by atoms with Crippen LogP contribution in [0.5, 0.6) is 5.75 Å². The smallest absolute Gasteiger partial charge is 0.325 e. The van der Waals surface area contributed by atoms with Gasteiger partial charge in [0.15, 0.2) is 0 Å². The molecule has 0 aliphatic carbocycles. The van der Waals surface area contributed by atoms with Crippen LogP contribution in [-0.2, 0) is 16.1 Å². The van der Waals surface area contributed by atoms with Crippen molar-refractivity contribution in [1.82, 2.24) is 9.47 Å². The summed E-state index contributed by atoms with van der Waals surface area (Å²) < 4.78 is 6.93. The standard InChI is InChI=1S/C25H29N3O5/c1-16-4-6-21(17(2)12-16)26-8-10-27(11-9-26)24(25(31)32)20-14-28(15-23(29)30)22-7-5-18(33-3)13-19(20)22/h4-7,12-14,24H,8-11,15H2,1-3H3,(H,29,30)(H,31,32)/t24-/m0/s1. The van der Waals surface area contributed by atoms with Crippen molar-refractivity contribution in [3.63, 3.8) is 0 Å². The maximum atomic E-state index is 12.5. The Bertz CT molecular complexity index is 1190. The van der Waals surface area contributed by atoms with Gasteiger partial charge in [-0.1, -0.05) is 17.7 Å². The molecule has 0 unspecified atom stereocenters. The largest absolute Gasteiger partial charge is 0.497 e. The molecule has 33 heavy (non-hydrogen) atoms. The van der Waals surface area contributed by atoms with E-state index in [1.54, 1.807) is 36.1 Å². The van der Waals surface area contributed by atoms with Crippen LogP contribution in [0, 0.1) is 13.8 Å². The summed E-state index contributed by atoms with van der Waals surface area (Å²) >= 11 is 0. The highest BCUT2D eigenvalue weighted by atomic mass is 16.5. The maximum absolute atomic E-state index is 12.5. The number of hydrogen-bond donors (Lipinski definition) is 2. The van der Waals surface area contributed by atoms with Crippen LogP contribution in [0.1, 0.15) is 22.7 Å². The van der Waals surface area contributed by atoms with E-state index in [1.807, 2.05) is 4.90 Å². The molecule has 2 aromatic carbocycles. The normalized spacial score (nSPS) is 15.5. The Hall–Kier alpha value is -3.52. The van der Waals surface area contributed by atoms with Gasteiger partial charge < -0.3 is 24.4 Å². The van der Waals surface area contributed by atoms with Crippen LogP contribution in [-0.4, -0.2) is 64.9 Å². The highest BCUT2D eigenvalue weighted by molar-refractivity contribution is 5.91. The van der Waals surface area contributed by atoms with Crippen molar-refractivity contribution in [2.45, 2.75) is 26.4 Å². The first-order valence-corrected chi connectivity index (χ1v) is 11.0. The third-order valence-corrected chi connectivity index (χ3v) is 6.33. The zero-order valence-corrected chi connectivity index (χ0v) is 19.1. The molecule has 0 bridgehead atoms. The number of benzene rings is 2. The molecule has 0 spiro atoms. The highest BCUT2D eigenvalue weighted by Gasteiger charge is 2.33. The number of methoxy groups -OCH3 is 1. The second kappa shape index (κ2) is 9.15. The Morgan fingerprint density at radius 1 is 1.03 bits per heavy atom. The Morgan fingerprint density at radius 3 is 2.36 bits per heavy atom. The molecule has 4 rings (SSSR count). The molecule has 1 atom stereocenters. The van der Waals surface area contributed by atoms with Crippen molar-refractivity contribution in [1.29, 1.82) is 0 Å². The van der Waals surface area contributed by atoms with E-state index in [9.17, 15) is 19.8 Å². The van der Waals surface area contributed by atoms with Gasteiger partial charge in [0.25, 0.3) is 0 Å². The summed E-state index contributed by atoms with van der Waals surface area (Å²) in [7, 11) is 1.55. The Morgan fingerprint density at radius 2 is 1.76 bits per heavy atom. The lowest BCUT2D eigenvalue weighted by molar-refractivity contribution is -0.143. The van der Waals surface area contributed by atoms with Crippen molar-refractivity contribution < 1.29 is 24.5 Å². The number of carboxylic acids is 2. The fourth-order valence-electron chi connectivity index (χ4n) is 4.79. The van der Waals surface area contributed by atoms with Gasteiger partial charge in [0.1, 0.15) is 18.3 Å². The fraction of sp³-hybridized carbons (Fsp3) is 0.360. The number of ether oxygens (including phenoxy) is 1. The highest BCUT2D eigenvalue weighted by Crippen LogP contribution is 2.34. The van der Waals surface area contributed by atoms with Gasteiger partial charge in [-0.05, 0) is 43.7 Å².